The van der Waals surface area contributed by atoms with Crippen LogP contribution in [-0.4, -0.2) is 95.1 Å². The number of oxime groups is 1. The summed E-state index contributed by atoms with van der Waals surface area (Å²) in [5.41, 5.74) is 17.5. The van der Waals surface area contributed by atoms with Crippen LogP contribution in [0.2, 0.25) is 0 Å². The zero-order chi connectivity index (χ0) is 32.9. The molecule has 2 amide bonds. The van der Waals surface area contributed by atoms with E-state index in [9.17, 15) is 22.8 Å². The number of amides is 2. The molecule has 18 nitrogen and oxygen atoms in total. The van der Waals surface area contributed by atoms with Crippen LogP contribution < -0.4 is 27.3 Å². The van der Waals surface area contributed by atoms with E-state index in [-0.39, 0.29) is 17.4 Å². The number of rotatable bonds is 14. The van der Waals surface area contributed by atoms with Gasteiger partial charge in [-0.2, -0.15) is 13.5 Å². The molecule has 1 aromatic heterocycles. The molecule has 244 valence electrons. The Hall–Kier alpha value is -4.37. The van der Waals surface area contributed by atoms with E-state index in [4.69, 9.17) is 31.3 Å². The SMILES string of the molecule is CC1(C)C(NC(=O)/C(=N\OC(C=O)COc2ccc3c(c2)CN(C(N)=NCCCN)C3)c2csc(N)n2)C(=O)N1OS(=O)(=O)O. The van der Waals surface area contributed by atoms with E-state index in [1.807, 2.05) is 17.0 Å². The van der Waals surface area contributed by atoms with Crippen molar-refractivity contribution in [3.05, 3.63) is 40.4 Å². The topological polar surface area (TPSA) is 267 Å². The normalized spacial score (nSPS) is 18.7. The highest BCUT2D eigenvalue weighted by Gasteiger charge is 2.58. The van der Waals surface area contributed by atoms with Gasteiger partial charge >= 0.3 is 10.4 Å². The van der Waals surface area contributed by atoms with E-state index in [2.05, 4.69) is 24.7 Å². The number of nitrogens with zero attached hydrogens (tertiary/aromatic N) is 5. The Labute approximate surface area is 262 Å². The molecule has 1 fully saturated rings. The molecule has 4 rings (SSSR count). The molecule has 0 saturated carbocycles. The van der Waals surface area contributed by atoms with Crippen LogP contribution in [0, 0.1) is 0 Å². The minimum Gasteiger partial charge on any atom is -0.489 e. The van der Waals surface area contributed by atoms with Crippen molar-refractivity contribution in [3.8, 4) is 5.75 Å². The minimum atomic E-state index is -4.99. The summed E-state index contributed by atoms with van der Waals surface area (Å²) < 4.78 is 41.2. The van der Waals surface area contributed by atoms with Crippen LogP contribution in [-0.2, 0) is 47.0 Å². The summed E-state index contributed by atoms with van der Waals surface area (Å²) in [5, 5.41) is 8.15. The number of carbonyl (C=O) groups excluding carboxylic acids is 3. The second-order valence-corrected chi connectivity index (χ2v) is 12.4. The standard InChI is InChI=1S/C25H33N9O9S2/c1-25(2)20(22(37)34(25)43-45(38,39)40)31-21(36)19(18-13-44-24(28)30-18)32-42-17(11-35)12-41-16-5-4-14-9-33(10-15(14)8-16)23(27)29-7-3-6-26/h4-5,8,11,13,17,20H,3,6-7,9-10,12,26H2,1-2H3,(H2,27,29)(H2,28,30)(H,31,36)(H,38,39,40)/b32-19-. The number of aliphatic imine (C=N–C) groups is 1. The first kappa shape index (κ1) is 33.5. The molecule has 0 radical (unpaired) electrons. The minimum absolute atomic E-state index is 0.00907. The molecule has 0 aliphatic carbocycles. The third-order valence-electron chi connectivity index (χ3n) is 6.81. The van der Waals surface area contributed by atoms with Gasteiger partial charge in [-0.1, -0.05) is 11.2 Å². The molecule has 1 saturated heterocycles. The lowest BCUT2D eigenvalue weighted by Crippen LogP contribution is -2.76. The molecule has 3 heterocycles. The third kappa shape index (κ3) is 8.02. The van der Waals surface area contributed by atoms with Gasteiger partial charge in [-0.25, -0.2) is 4.98 Å². The van der Waals surface area contributed by atoms with Gasteiger partial charge in [0, 0.05) is 25.0 Å². The molecule has 2 aliphatic heterocycles. The Bertz CT molecular complexity index is 1610. The van der Waals surface area contributed by atoms with Crippen LogP contribution >= 0.6 is 11.3 Å². The van der Waals surface area contributed by atoms with Crippen molar-refractivity contribution in [3.63, 3.8) is 0 Å². The maximum Gasteiger partial charge on any atom is 0.418 e. The van der Waals surface area contributed by atoms with Gasteiger partial charge in [-0.05, 0) is 50.1 Å². The number of aromatic nitrogens is 1. The number of anilines is 1. The molecule has 1 aromatic carbocycles. The average molecular weight is 668 g/mol. The predicted octanol–water partition coefficient (Wildman–Crippen LogP) is -1.09. The van der Waals surface area contributed by atoms with E-state index in [1.165, 1.54) is 19.2 Å². The maximum absolute atomic E-state index is 13.2. The highest BCUT2D eigenvalue weighted by Crippen LogP contribution is 2.33. The van der Waals surface area contributed by atoms with Crippen molar-refractivity contribution in [2.24, 2.45) is 21.6 Å². The number of thiazole rings is 1. The van der Waals surface area contributed by atoms with Crippen LogP contribution in [0.4, 0.5) is 5.13 Å². The maximum atomic E-state index is 13.2. The Morgan fingerprint density at radius 1 is 1.33 bits per heavy atom. The van der Waals surface area contributed by atoms with Crippen molar-refractivity contribution >= 4 is 56.6 Å². The molecule has 2 aromatic rings. The first-order valence-corrected chi connectivity index (χ1v) is 15.7. The Balaban J connectivity index is 1.41. The zero-order valence-corrected chi connectivity index (χ0v) is 25.9. The lowest BCUT2D eigenvalue weighted by molar-refractivity contribution is -0.218. The van der Waals surface area contributed by atoms with Crippen molar-refractivity contribution in [1.82, 2.24) is 20.3 Å². The number of ether oxygens (including phenoxy) is 1. The highest BCUT2D eigenvalue weighted by molar-refractivity contribution is 7.80. The summed E-state index contributed by atoms with van der Waals surface area (Å²) in [4.78, 5) is 53.1. The van der Waals surface area contributed by atoms with Gasteiger partial charge in [-0.3, -0.25) is 23.9 Å². The van der Waals surface area contributed by atoms with E-state index in [0.29, 0.717) is 49.2 Å². The van der Waals surface area contributed by atoms with Gasteiger partial charge in [0.1, 0.15) is 24.1 Å². The molecular weight excluding hydrogens is 634 g/mol. The van der Waals surface area contributed by atoms with E-state index in [0.717, 1.165) is 28.9 Å². The molecule has 45 heavy (non-hydrogen) atoms. The van der Waals surface area contributed by atoms with Crippen molar-refractivity contribution in [2.45, 2.75) is 51.0 Å². The lowest BCUT2D eigenvalue weighted by Gasteiger charge is -2.50. The number of fused-ring (bicyclic) bond motifs is 1. The van der Waals surface area contributed by atoms with E-state index in [1.54, 1.807) is 6.07 Å². The third-order valence-corrected chi connectivity index (χ3v) is 7.82. The number of nitrogens with two attached hydrogens (primary N) is 3. The Kier molecular flexibility index (Phi) is 10.2. The number of guanidine groups is 1. The van der Waals surface area contributed by atoms with Crippen LogP contribution in [0.3, 0.4) is 0 Å². The predicted molar refractivity (Wildman–Crippen MR) is 161 cm³/mol. The number of benzene rings is 1. The average Bonchev–Trinajstić information content (AvgIpc) is 3.61. The van der Waals surface area contributed by atoms with Gasteiger partial charge in [0.2, 0.25) is 6.10 Å². The molecule has 0 spiro atoms. The van der Waals surface area contributed by atoms with Crippen LogP contribution in [0.1, 0.15) is 37.1 Å². The molecule has 0 bridgehead atoms. The monoisotopic (exact) mass is 667 g/mol. The van der Waals surface area contributed by atoms with E-state index < -0.39 is 45.6 Å². The number of β-lactam (4-membered cyclic amide) rings is 1. The molecule has 2 unspecified atom stereocenters. The van der Waals surface area contributed by atoms with Gasteiger partial charge in [-0.15, -0.1) is 15.6 Å². The second-order valence-electron chi connectivity index (χ2n) is 10.5. The quantitative estimate of drug-likeness (QED) is 0.0305. The van der Waals surface area contributed by atoms with Gasteiger partial charge in [0.25, 0.3) is 11.8 Å². The summed E-state index contributed by atoms with van der Waals surface area (Å²) in [6, 6.07) is 4.16. The number of hydroxylamine groups is 2. The van der Waals surface area contributed by atoms with Crippen molar-refractivity contribution in [2.75, 3.05) is 25.4 Å². The summed E-state index contributed by atoms with van der Waals surface area (Å²) in [6.07, 6.45) is -0.0792. The molecule has 2 atom stereocenters. The van der Waals surface area contributed by atoms with Crippen LogP contribution in [0.5, 0.6) is 5.75 Å². The van der Waals surface area contributed by atoms with Gasteiger partial charge in [0.15, 0.2) is 23.1 Å². The number of hydrogen-bond acceptors (Lipinski definition) is 14. The highest BCUT2D eigenvalue weighted by atomic mass is 32.3. The van der Waals surface area contributed by atoms with E-state index >= 15 is 0 Å². The smallest absolute Gasteiger partial charge is 0.418 e. The number of carbonyl (C=O) groups is 3. The molecule has 2 aliphatic rings. The second kappa shape index (κ2) is 13.7. The lowest BCUT2D eigenvalue weighted by atomic mass is 9.84. The number of nitrogen functional groups attached to an aromatic ring is 1. The molecular formula is C25H33N9O9S2. The zero-order valence-electron chi connectivity index (χ0n) is 24.3. The van der Waals surface area contributed by atoms with Gasteiger partial charge in [0.05, 0.1) is 5.54 Å². The Morgan fingerprint density at radius 3 is 2.69 bits per heavy atom. The largest absolute Gasteiger partial charge is 0.489 e. The van der Waals surface area contributed by atoms with Crippen LogP contribution in [0.25, 0.3) is 0 Å². The fraction of sp³-hybridized carbons (Fsp3) is 0.440. The summed E-state index contributed by atoms with van der Waals surface area (Å²) in [5.74, 6) is -1.02. The first-order chi connectivity index (χ1) is 21.2. The fourth-order valence-electron chi connectivity index (χ4n) is 4.42. The van der Waals surface area contributed by atoms with Gasteiger partial charge < -0.3 is 37.0 Å². The molecule has 8 N–H and O–H groups in total. The number of aldehydes is 1. The number of nitrogens with one attached hydrogen (secondary N) is 1. The molecule has 20 heteroatoms. The summed E-state index contributed by atoms with van der Waals surface area (Å²) >= 11 is 1.00. The van der Waals surface area contributed by atoms with Crippen LogP contribution in [0.15, 0.2) is 33.7 Å². The first-order valence-electron chi connectivity index (χ1n) is 13.5. The fourth-order valence-corrected chi connectivity index (χ4v) is 5.42. The summed E-state index contributed by atoms with van der Waals surface area (Å²) in [7, 11) is -4.99. The van der Waals surface area contributed by atoms with Crippen molar-refractivity contribution < 1.29 is 41.2 Å². The summed E-state index contributed by atoms with van der Waals surface area (Å²) in [6.45, 7) is 4.70. The Morgan fingerprint density at radius 2 is 2.07 bits per heavy atom. The van der Waals surface area contributed by atoms with Crippen molar-refractivity contribution in [1.29, 1.82) is 0 Å². The number of hydrogen-bond donors (Lipinski definition) is 5.